The van der Waals surface area contributed by atoms with Crippen LogP contribution < -0.4 is 10.6 Å². The quantitative estimate of drug-likeness (QED) is 0.471. The summed E-state index contributed by atoms with van der Waals surface area (Å²) in [4.78, 5) is 19.3. The molecular formula is C25H27ClN4O2. The van der Waals surface area contributed by atoms with E-state index in [-0.39, 0.29) is 5.91 Å². The molecule has 1 aromatic heterocycles. The average molecular weight is 451 g/mol. The molecule has 0 saturated carbocycles. The summed E-state index contributed by atoms with van der Waals surface area (Å²) in [6, 6.07) is 18.3. The van der Waals surface area contributed by atoms with Gasteiger partial charge in [-0.3, -0.25) is 9.69 Å². The number of hydrogen-bond acceptors (Lipinski definition) is 5. The second-order valence-electron chi connectivity index (χ2n) is 8.13. The monoisotopic (exact) mass is 450 g/mol. The number of anilines is 2. The van der Waals surface area contributed by atoms with Gasteiger partial charge >= 0.3 is 0 Å². The zero-order valence-electron chi connectivity index (χ0n) is 17.8. The number of benzene rings is 2. The second kappa shape index (κ2) is 10.5. The molecule has 0 aliphatic carbocycles. The van der Waals surface area contributed by atoms with Crippen molar-refractivity contribution in [1.29, 1.82) is 0 Å². The number of piperidine rings is 1. The van der Waals surface area contributed by atoms with E-state index in [0.29, 0.717) is 28.1 Å². The topological polar surface area (TPSA) is 77.5 Å². The molecule has 0 spiro atoms. The Morgan fingerprint density at radius 2 is 1.81 bits per heavy atom. The summed E-state index contributed by atoms with van der Waals surface area (Å²) in [6.07, 6.45) is 3.72. The number of nitrogens with one attached hydrogen (secondary N) is 2. The van der Waals surface area contributed by atoms with Crippen LogP contribution in [-0.4, -0.2) is 40.5 Å². The number of phenolic OH excluding ortho intramolecular Hbond substituents is 1. The molecule has 1 aliphatic heterocycles. The first-order valence-electron chi connectivity index (χ1n) is 10.8. The molecule has 2 heterocycles. The van der Waals surface area contributed by atoms with Gasteiger partial charge in [0.1, 0.15) is 11.6 Å². The maximum atomic E-state index is 12.8. The zero-order valence-corrected chi connectivity index (χ0v) is 18.6. The number of pyridine rings is 1. The van der Waals surface area contributed by atoms with Crippen molar-refractivity contribution in [3.8, 4) is 5.75 Å². The van der Waals surface area contributed by atoms with E-state index in [2.05, 4.69) is 20.5 Å². The van der Waals surface area contributed by atoms with Gasteiger partial charge < -0.3 is 15.7 Å². The Hall–Kier alpha value is -3.09. The SMILES string of the molecule is O=C(Nc1ccc(Cl)cn1)c1ccccc1NCC1CCN(Cc2ccc(O)cc2)CC1. The molecule has 0 atom stereocenters. The van der Waals surface area contributed by atoms with Crippen molar-refractivity contribution in [2.45, 2.75) is 19.4 Å². The molecule has 0 bridgehead atoms. The fourth-order valence-electron chi connectivity index (χ4n) is 3.93. The summed E-state index contributed by atoms with van der Waals surface area (Å²) in [5.41, 5.74) is 2.63. The van der Waals surface area contributed by atoms with Crippen LogP contribution in [-0.2, 0) is 6.54 Å². The van der Waals surface area contributed by atoms with Gasteiger partial charge in [-0.2, -0.15) is 0 Å². The van der Waals surface area contributed by atoms with Crippen LogP contribution in [0, 0.1) is 5.92 Å². The highest BCUT2D eigenvalue weighted by Gasteiger charge is 2.20. The number of rotatable bonds is 7. The molecule has 1 saturated heterocycles. The molecule has 1 amide bonds. The first kappa shape index (κ1) is 22.1. The maximum Gasteiger partial charge on any atom is 0.258 e. The number of carbonyl (C=O) groups is 1. The van der Waals surface area contributed by atoms with Gasteiger partial charge in [-0.1, -0.05) is 35.9 Å². The molecule has 0 radical (unpaired) electrons. The largest absolute Gasteiger partial charge is 0.508 e. The highest BCUT2D eigenvalue weighted by Crippen LogP contribution is 2.23. The Kier molecular flexibility index (Phi) is 7.24. The molecule has 4 rings (SSSR count). The molecular weight excluding hydrogens is 424 g/mol. The number of likely N-dealkylation sites (tertiary alicyclic amines) is 1. The van der Waals surface area contributed by atoms with E-state index in [1.54, 1.807) is 24.3 Å². The van der Waals surface area contributed by atoms with Gasteiger partial charge in [0.25, 0.3) is 5.91 Å². The molecule has 32 heavy (non-hydrogen) atoms. The van der Waals surface area contributed by atoms with Crippen LogP contribution in [0.3, 0.4) is 0 Å². The molecule has 3 aromatic rings. The Morgan fingerprint density at radius 3 is 2.53 bits per heavy atom. The minimum absolute atomic E-state index is 0.202. The van der Waals surface area contributed by atoms with Crippen LogP contribution in [0.2, 0.25) is 5.02 Å². The molecule has 6 nitrogen and oxygen atoms in total. The maximum absolute atomic E-state index is 12.8. The van der Waals surface area contributed by atoms with Crippen LogP contribution in [0.4, 0.5) is 11.5 Å². The van der Waals surface area contributed by atoms with Crippen molar-refractivity contribution in [1.82, 2.24) is 9.88 Å². The molecule has 7 heteroatoms. The normalized spacial score (nSPS) is 14.8. The summed E-state index contributed by atoms with van der Waals surface area (Å²) < 4.78 is 0. The number of para-hydroxylation sites is 1. The van der Waals surface area contributed by atoms with Gasteiger partial charge in [-0.05, 0) is 73.8 Å². The van der Waals surface area contributed by atoms with E-state index >= 15 is 0 Å². The Labute approximate surface area is 193 Å². The molecule has 1 aliphatic rings. The summed E-state index contributed by atoms with van der Waals surface area (Å²) in [5, 5.41) is 16.3. The predicted octanol–water partition coefficient (Wildman–Crippen LogP) is 5.02. The standard InChI is InChI=1S/C25H27ClN4O2/c26-20-7-10-24(28-16-20)29-25(32)22-3-1-2-4-23(22)27-15-18-11-13-30(14-12-18)17-19-5-8-21(31)9-6-19/h1-10,16,18,27,31H,11-15,17H2,(H,28,29,32). The van der Waals surface area contributed by atoms with Crippen LogP contribution >= 0.6 is 11.6 Å². The lowest BCUT2D eigenvalue weighted by molar-refractivity contribution is 0.102. The molecule has 166 valence electrons. The van der Waals surface area contributed by atoms with Gasteiger partial charge in [-0.15, -0.1) is 0 Å². The second-order valence-corrected chi connectivity index (χ2v) is 8.56. The fourth-order valence-corrected chi connectivity index (χ4v) is 4.04. The lowest BCUT2D eigenvalue weighted by atomic mass is 9.96. The minimum Gasteiger partial charge on any atom is -0.508 e. The Bertz CT molecular complexity index is 1030. The number of phenols is 1. The minimum atomic E-state index is -0.202. The Morgan fingerprint density at radius 1 is 1.06 bits per heavy atom. The van der Waals surface area contributed by atoms with Gasteiger partial charge in [0, 0.05) is 25.0 Å². The number of carbonyl (C=O) groups excluding carboxylic acids is 1. The van der Waals surface area contributed by atoms with E-state index < -0.39 is 0 Å². The first-order valence-corrected chi connectivity index (χ1v) is 11.2. The van der Waals surface area contributed by atoms with Crippen LogP contribution in [0.5, 0.6) is 5.75 Å². The third kappa shape index (κ3) is 5.99. The highest BCUT2D eigenvalue weighted by molar-refractivity contribution is 6.30. The number of nitrogens with zero attached hydrogens (tertiary/aromatic N) is 2. The first-order chi connectivity index (χ1) is 15.6. The van der Waals surface area contributed by atoms with Gasteiger partial charge in [0.05, 0.1) is 10.6 Å². The summed E-state index contributed by atoms with van der Waals surface area (Å²) >= 11 is 5.86. The van der Waals surface area contributed by atoms with Gasteiger partial charge in [-0.25, -0.2) is 4.98 Å². The number of aromatic hydroxyl groups is 1. The van der Waals surface area contributed by atoms with Crippen molar-refractivity contribution >= 4 is 29.0 Å². The summed E-state index contributed by atoms with van der Waals surface area (Å²) in [6.45, 7) is 3.81. The predicted molar refractivity (Wildman–Crippen MR) is 128 cm³/mol. The number of halogens is 1. The van der Waals surface area contributed by atoms with Crippen molar-refractivity contribution in [3.05, 3.63) is 83.0 Å². The molecule has 2 aromatic carbocycles. The number of amides is 1. The van der Waals surface area contributed by atoms with Crippen LogP contribution in [0.1, 0.15) is 28.8 Å². The molecule has 0 unspecified atom stereocenters. The highest BCUT2D eigenvalue weighted by atomic mass is 35.5. The van der Waals surface area contributed by atoms with Crippen molar-refractivity contribution in [2.24, 2.45) is 5.92 Å². The van der Waals surface area contributed by atoms with E-state index in [1.165, 1.54) is 11.8 Å². The number of hydrogen-bond donors (Lipinski definition) is 3. The lowest BCUT2D eigenvalue weighted by Gasteiger charge is -2.32. The summed E-state index contributed by atoms with van der Waals surface area (Å²) in [5.74, 6) is 1.12. The van der Waals surface area contributed by atoms with Crippen LogP contribution in [0.25, 0.3) is 0 Å². The third-order valence-corrected chi connectivity index (χ3v) is 6.00. The molecule has 3 N–H and O–H groups in total. The van der Waals surface area contributed by atoms with E-state index in [1.807, 2.05) is 36.4 Å². The third-order valence-electron chi connectivity index (χ3n) is 5.77. The zero-order chi connectivity index (χ0) is 22.3. The van der Waals surface area contributed by atoms with Crippen molar-refractivity contribution in [2.75, 3.05) is 30.3 Å². The number of aromatic nitrogens is 1. The molecule has 1 fully saturated rings. The van der Waals surface area contributed by atoms with Gasteiger partial charge in [0.2, 0.25) is 0 Å². The van der Waals surface area contributed by atoms with E-state index in [9.17, 15) is 9.90 Å². The van der Waals surface area contributed by atoms with Gasteiger partial charge in [0.15, 0.2) is 0 Å². The Balaban J connectivity index is 1.28. The van der Waals surface area contributed by atoms with E-state index in [0.717, 1.165) is 44.7 Å². The lowest BCUT2D eigenvalue weighted by Crippen LogP contribution is -2.35. The van der Waals surface area contributed by atoms with Crippen molar-refractivity contribution < 1.29 is 9.90 Å². The van der Waals surface area contributed by atoms with Crippen LogP contribution in [0.15, 0.2) is 66.9 Å². The van der Waals surface area contributed by atoms with E-state index in [4.69, 9.17) is 11.6 Å². The smallest absolute Gasteiger partial charge is 0.258 e. The summed E-state index contributed by atoms with van der Waals surface area (Å²) in [7, 11) is 0. The fraction of sp³-hybridized carbons (Fsp3) is 0.280. The van der Waals surface area contributed by atoms with Crippen molar-refractivity contribution in [3.63, 3.8) is 0 Å². The average Bonchev–Trinajstić information content (AvgIpc) is 2.82.